The SMILES string of the molecule is O=C(c1cc2cc(Cl)ccc2[nH]1)N1CCN(Cc2ccc(Cl)cc2C(F)(F)F)CC1. The Labute approximate surface area is 181 Å². The summed E-state index contributed by atoms with van der Waals surface area (Å²) in [7, 11) is 0. The van der Waals surface area contributed by atoms with Crippen molar-refractivity contribution in [1.82, 2.24) is 14.8 Å². The third kappa shape index (κ3) is 4.43. The second-order valence-corrected chi connectivity index (χ2v) is 8.16. The van der Waals surface area contributed by atoms with Crippen LogP contribution in [0.1, 0.15) is 21.6 Å². The molecule has 4 rings (SSSR count). The van der Waals surface area contributed by atoms with Crippen LogP contribution in [0.15, 0.2) is 42.5 Å². The highest BCUT2D eigenvalue weighted by atomic mass is 35.5. The summed E-state index contributed by atoms with van der Waals surface area (Å²) in [6.45, 7) is 1.99. The van der Waals surface area contributed by atoms with Crippen LogP contribution in [0.3, 0.4) is 0 Å². The third-order valence-electron chi connectivity index (χ3n) is 5.24. The minimum absolute atomic E-state index is 0.0566. The first-order valence-corrected chi connectivity index (χ1v) is 10.1. The van der Waals surface area contributed by atoms with Crippen LogP contribution in [0.2, 0.25) is 10.0 Å². The second kappa shape index (κ2) is 8.13. The molecule has 158 valence electrons. The number of aromatic amines is 1. The van der Waals surface area contributed by atoms with Gasteiger partial charge in [-0.1, -0.05) is 29.3 Å². The highest BCUT2D eigenvalue weighted by Crippen LogP contribution is 2.34. The van der Waals surface area contributed by atoms with Gasteiger partial charge in [-0.2, -0.15) is 13.2 Å². The number of piperazine rings is 1. The lowest BCUT2D eigenvalue weighted by Crippen LogP contribution is -2.48. The fraction of sp³-hybridized carbons (Fsp3) is 0.286. The van der Waals surface area contributed by atoms with E-state index in [0.29, 0.717) is 36.9 Å². The second-order valence-electron chi connectivity index (χ2n) is 7.28. The van der Waals surface area contributed by atoms with E-state index < -0.39 is 11.7 Å². The van der Waals surface area contributed by atoms with E-state index in [-0.39, 0.29) is 23.0 Å². The Hall–Kier alpha value is -2.22. The smallest absolute Gasteiger partial charge is 0.351 e. The van der Waals surface area contributed by atoms with Gasteiger partial charge in [0.25, 0.3) is 5.91 Å². The number of benzene rings is 2. The van der Waals surface area contributed by atoms with Gasteiger partial charge in [-0.3, -0.25) is 9.69 Å². The number of nitrogens with one attached hydrogen (secondary N) is 1. The Balaban J connectivity index is 1.42. The van der Waals surface area contributed by atoms with Gasteiger partial charge in [-0.15, -0.1) is 0 Å². The summed E-state index contributed by atoms with van der Waals surface area (Å²) >= 11 is 11.7. The average molecular weight is 456 g/mol. The predicted octanol–water partition coefficient (Wildman–Crippen LogP) is 5.45. The lowest BCUT2D eigenvalue weighted by atomic mass is 10.1. The zero-order valence-corrected chi connectivity index (χ0v) is 17.3. The summed E-state index contributed by atoms with van der Waals surface area (Å²) in [6.07, 6.45) is -4.46. The molecule has 2 heterocycles. The Bertz CT molecular complexity index is 1090. The number of aromatic nitrogens is 1. The Kier molecular flexibility index (Phi) is 5.70. The van der Waals surface area contributed by atoms with E-state index in [1.807, 2.05) is 11.0 Å². The molecule has 2 aromatic carbocycles. The first-order valence-electron chi connectivity index (χ1n) is 9.36. The van der Waals surface area contributed by atoms with Gasteiger partial charge in [0.1, 0.15) is 5.69 Å². The van der Waals surface area contributed by atoms with E-state index in [1.54, 1.807) is 23.1 Å². The van der Waals surface area contributed by atoms with Crippen LogP contribution in [0.4, 0.5) is 13.2 Å². The van der Waals surface area contributed by atoms with Crippen LogP contribution in [0, 0.1) is 0 Å². The van der Waals surface area contributed by atoms with Crippen molar-refractivity contribution in [1.29, 1.82) is 0 Å². The number of halogens is 5. The Morgan fingerprint density at radius 3 is 2.33 bits per heavy atom. The van der Waals surface area contributed by atoms with Gasteiger partial charge in [-0.05, 0) is 42.0 Å². The van der Waals surface area contributed by atoms with Crippen LogP contribution < -0.4 is 0 Å². The monoisotopic (exact) mass is 455 g/mol. The van der Waals surface area contributed by atoms with Crippen LogP contribution in [-0.2, 0) is 12.7 Å². The summed E-state index contributed by atoms with van der Waals surface area (Å²) in [5, 5.41) is 1.50. The normalized spacial score (nSPS) is 15.7. The lowest BCUT2D eigenvalue weighted by Gasteiger charge is -2.35. The summed E-state index contributed by atoms with van der Waals surface area (Å²) < 4.78 is 39.9. The van der Waals surface area contributed by atoms with E-state index >= 15 is 0 Å². The van der Waals surface area contributed by atoms with Crippen molar-refractivity contribution in [2.45, 2.75) is 12.7 Å². The van der Waals surface area contributed by atoms with E-state index in [9.17, 15) is 18.0 Å². The number of rotatable bonds is 3. The zero-order valence-electron chi connectivity index (χ0n) is 15.8. The average Bonchev–Trinajstić information content (AvgIpc) is 3.12. The van der Waals surface area contributed by atoms with Crippen molar-refractivity contribution >= 4 is 40.0 Å². The Morgan fingerprint density at radius 1 is 0.967 bits per heavy atom. The topological polar surface area (TPSA) is 39.3 Å². The molecule has 30 heavy (non-hydrogen) atoms. The maximum Gasteiger partial charge on any atom is 0.416 e. The molecule has 1 fully saturated rings. The molecule has 0 aliphatic carbocycles. The molecule has 1 aliphatic heterocycles. The summed E-state index contributed by atoms with van der Waals surface area (Å²) in [4.78, 5) is 19.5. The molecular formula is C21H18Cl2F3N3O. The number of hydrogen-bond acceptors (Lipinski definition) is 2. The van der Waals surface area contributed by atoms with E-state index in [2.05, 4.69) is 4.98 Å². The van der Waals surface area contributed by atoms with Crippen LogP contribution in [-0.4, -0.2) is 46.9 Å². The number of carbonyl (C=O) groups excluding carboxylic acids is 1. The number of nitrogens with zero attached hydrogens (tertiary/aromatic N) is 2. The highest BCUT2D eigenvalue weighted by Gasteiger charge is 2.34. The molecule has 0 radical (unpaired) electrons. The maximum absolute atomic E-state index is 13.3. The Morgan fingerprint density at radius 2 is 1.63 bits per heavy atom. The van der Waals surface area contributed by atoms with Gasteiger partial charge in [0, 0.05) is 53.7 Å². The molecule has 1 aliphatic rings. The molecule has 0 saturated carbocycles. The van der Waals surface area contributed by atoms with Gasteiger partial charge in [0.2, 0.25) is 0 Å². The minimum Gasteiger partial charge on any atom is -0.351 e. The van der Waals surface area contributed by atoms with Crippen molar-refractivity contribution in [3.8, 4) is 0 Å². The standard InChI is InChI=1S/C21H18Cl2F3N3O/c22-15-3-4-18-14(9-15)10-19(27-18)20(30)29-7-5-28(6-8-29)12-13-1-2-16(23)11-17(13)21(24,25)26/h1-4,9-11,27H,5-8,12H2. The lowest BCUT2D eigenvalue weighted by molar-refractivity contribution is -0.138. The van der Waals surface area contributed by atoms with Crippen molar-refractivity contribution in [3.05, 3.63) is 69.3 Å². The number of alkyl halides is 3. The molecule has 0 unspecified atom stereocenters. The summed E-state index contributed by atoms with van der Waals surface area (Å²) in [5.74, 6) is -0.135. The third-order valence-corrected chi connectivity index (χ3v) is 5.71. The molecule has 1 amide bonds. The molecule has 1 aromatic heterocycles. The first kappa shape index (κ1) is 21.0. The molecule has 0 spiro atoms. The highest BCUT2D eigenvalue weighted by molar-refractivity contribution is 6.31. The summed E-state index contributed by atoms with van der Waals surface area (Å²) in [6, 6.07) is 11.0. The van der Waals surface area contributed by atoms with E-state index in [4.69, 9.17) is 23.2 Å². The number of amides is 1. The predicted molar refractivity (Wildman–Crippen MR) is 111 cm³/mol. The molecule has 1 N–H and O–H groups in total. The van der Waals surface area contributed by atoms with Gasteiger partial charge in [-0.25, -0.2) is 0 Å². The van der Waals surface area contributed by atoms with Crippen molar-refractivity contribution in [3.63, 3.8) is 0 Å². The molecule has 4 nitrogen and oxygen atoms in total. The van der Waals surface area contributed by atoms with Crippen LogP contribution >= 0.6 is 23.2 Å². The van der Waals surface area contributed by atoms with Gasteiger partial charge < -0.3 is 9.88 Å². The molecule has 0 atom stereocenters. The fourth-order valence-electron chi connectivity index (χ4n) is 3.69. The van der Waals surface area contributed by atoms with Crippen LogP contribution in [0.25, 0.3) is 10.9 Å². The fourth-order valence-corrected chi connectivity index (χ4v) is 4.04. The number of hydrogen-bond donors (Lipinski definition) is 1. The van der Waals surface area contributed by atoms with E-state index in [1.165, 1.54) is 12.1 Å². The quantitative estimate of drug-likeness (QED) is 0.570. The van der Waals surface area contributed by atoms with Gasteiger partial charge >= 0.3 is 6.18 Å². The van der Waals surface area contributed by atoms with Crippen molar-refractivity contribution in [2.75, 3.05) is 26.2 Å². The van der Waals surface area contributed by atoms with Crippen molar-refractivity contribution in [2.24, 2.45) is 0 Å². The molecule has 0 bridgehead atoms. The summed E-state index contributed by atoms with van der Waals surface area (Å²) in [5.41, 5.74) is 0.756. The number of fused-ring (bicyclic) bond motifs is 1. The number of H-pyrrole nitrogens is 1. The van der Waals surface area contributed by atoms with Crippen molar-refractivity contribution < 1.29 is 18.0 Å². The molecule has 9 heteroatoms. The molecule has 3 aromatic rings. The number of carbonyl (C=O) groups is 1. The first-order chi connectivity index (χ1) is 14.2. The molecule has 1 saturated heterocycles. The minimum atomic E-state index is -4.46. The molecular weight excluding hydrogens is 438 g/mol. The van der Waals surface area contributed by atoms with Gasteiger partial charge in [0.05, 0.1) is 5.56 Å². The van der Waals surface area contributed by atoms with Gasteiger partial charge in [0.15, 0.2) is 0 Å². The zero-order chi connectivity index (χ0) is 21.5. The van der Waals surface area contributed by atoms with E-state index in [0.717, 1.165) is 17.0 Å². The maximum atomic E-state index is 13.3. The van der Waals surface area contributed by atoms with Crippen LogP contribution in [0.5, 0.6) is 0 Å². The largest absolute Gasteiger partial charge is 0.416 e.